The Morgan fingerprint density at radius 2 is 1.67 bits per heavy atom. The minimum Gasteiger partial charge on any atom is -0.368 e. The number of hydrogen-bond donors (Lipinski definition) is 2. The van der Waals surface area contributed by atoms with Crippen molar-refractivity contribution in [1.29, 1.82) is 0 Å². The molecule has 0 saturated carbocycles. The number of nitrogens with two attached hydrogens (primary N) is 1. The molecule has 0 spiro atoms. The number of hydrogen-bond acceptors (Lipinski definition) is 2. The molecule has 1 atom stereocenters. The predicted octanol–water partition coefficient (Wildman–Crippen LogP) is 1.65. The molecule has 0 radical (unpaired) electrons. The molecule has 0 aliphatic rings. The molecule has 0 aliphatic heterocycles. The van der Waals surface area contributed by atoms with Crippen LogP contribution < -0.4 is 11.1 Å². The van der Waals surface area contributed by atoms with Crippen molar-refractivity contribution in [2.75, 3.05) is 0 Å². The minimum absolute atomic E-state index is 0.216. The van der Waals surface area contributed by atoms with Crippen LogP contribution in [-0.4, -0.2) is 17.9 Å². The Morgan fingerprint density at radius 1 is 1.05 bits per heavy atom. The third kappa shape index (κ3) is 4.14. The maximum absolute atomic E-state index is 12.9. The third-order valence-electron chi connectivity index (χ3n) is 3.04. The molecule has 21 heavy (non-hydrogen) atoms. The van der Waals surface area contributed by atoms with Crippen molar-refractivity contribution in [2.24, 2.45) is 5.73 Å². The zero-order valence-corrected chi connectivity index (χ0v) is 11.3. The van der Waals surface area contributed by atoms with Crippen molar-refractivity contribution < 1.29 is 14.0 Å². The second kappa shape index (κ2) is 6.65. The van der Waals surface area contributed by atoms with Crippen molar-refractivity contribution in [1.82, 2.24) is 5.32 Å². The van der Waals surface area contributed by atoms with Crippen LogP contribution in [0.3, 0.4) is 0 Å². The normalized spacial score (nSPS) is 11.7. The van der Waals surface area contributed by atoms with Gasteiger partial charge in [-0.25, -0.2) is 4.39 Å². The zero-order chi connectivity index (χ0) is 15.2. The van der Waals surface area contributed by atoms with Gasteiger partial charge in [0, 0.05) is 12.0 Å². The molecule has 2 rings (SSSR count). The standard InChI is InChI=1S/C16H15FN2O2/c17-13-8-6-11(7-9-13)10-14(15(18)20)19-16(21)12-4-2-1-3-5-12/h1-9,14H,10H2,(H2,18,20)(H,19,21)/t14-/m1/s1. The molecule has 2 aromatic carbocycles. The van der Waals surface area contributed by atoms with Crippen LogP contribution in [0, 0.1) is 5.82 Å². The number of halogens is 1. The smallest absolute Gasteiger partial charge is 0.251 e. The minimum atomic E-state index is -0.844. The highest BCUT2D eigenvalue weighted by Gasteiger charge is 2.19. The highest BCUT2D eigenvalue weighted by molar-refractivity contribution is 5.97. The molecular formula is C16H15FN2O2. The maximum atomic E-state index is 12.9. The Hall–Kier alpha value is -2.69. The summed E-state index contributed by atoms with van der Waals surface area (Å²) in [5.74, 6) is -1.37. The fraction of sp³-hybridized carbons (Fsp3) is 0.125. The van der Waals surface area contributed by atoms with E-state index in [-0.39, 0.29) is 18.1 Å². The van der Waals surface area contributed by atoms with Crippen LogP contribution in [0.15, 0.2) is 54.6 Å². The van der Waals surface area contributed by atoms with Gasteiger partial charge in [0.15, 0.2) is 0 Å². The summed E-state index contributed by atoms with van der Waals surface area (Å²) >= 11 is 0. The summed E-state index contributed by atoms with van der Waals surface area (Å²) in [6.07, 6.45) is 0.216. The second-order valence-corrected chi connectivity index (χ2v) is 4.63. The molecule has 0 aromatic heterocycles. The number of rotatable bonds is 5. The molecule has 0 unspecified atom stereocenters. The number of carbonyl (C=O) groups is 2. The molecule has 3 N–H and O–H groups in total. The molecule has 0 heterocycles. The van der Waals surface area contributed by atoms with Gasteiger partial charge < -0.3 is 11.1 Å². The highest BCUT2D eigenvalue weighted by atomic mass is 19.1. The summed E-state index contributed by atoms with van der Waals surface area (Å²) in [5.41, 5.74) is 6.48. The molecule has 0 saturated heterocycles. The van der Waals surface area contributed by atoms with Crippen LogP contribution in [0.1, 0.15) is 15.9 Å². The van der Waals surface area contributed by atoms with Crippen LogP contribution >= 0.6 is 0 Å². The van der Waals surface area contributed by atoms with Gasteiger partial charge in [-0.05, 0) is 29.8 Å². The number of amides is 2. The van der Waals surface area contributed by atoms with Crippen molar-refractivity contribution in [3.63, 3.8) is 0 Å². The number of benzene rings is 2. The van der Waals surface area contributed by atoms with Crippen LogP contribution in [0.25, 0.3) is 0 Å². The Bertz CT molecular complexity index is 626. The average Bonchev–Trinajstić information content (AvgIpc) is 2.49. The van der Waals surface area contributed by atoms with E-state index in [4.69, 9.17) is 5.73 Å². The van der Waals surface area contributed by atoms with E-state index in [0.717, 1.165) is 0 Å². The van der Waals surface area contributed by atoms with E-state index in [9.17, 15) is 14.0 Å². The molecule has 0 fully saturated rings. The summed E-state index contributed by atoms with van der Waals surface area (Å²) in [4.78, 5) is 23.5. The Balaban J connectivity index is 2.07. The van der Waals surface area contributed by atoms with Crippen LogP contribution in [-0.2, 0) is 11.2 Å². The monoisotopic (exact) mass is 286 g/mol. The van der Waals surface area contributed by atoms with E-state index in [1.165, 1.54) is 12.1 Å². The fourth-order valence-electron chi connectivity index (χ4n) is 1.91. The number of nitrogens with one attached hydrogen (secondary N) is 1. The second-order valence-electron chi connectivity index (χ2n) is 4.63. The highest BCUT2D eigenvalue weighted by Crippen LogP contribution is 2.07. The van der Waals surface area contributed by atoms with Gasteiger partial charge in [0.2, 0.25) is 5.91 Å². The van der Waals surface area contributed by atoms with Crippen molar-refractivity contribution in [2.45, 2.75) is 12.5 Å². The first-order valence-corrected chi connectivity index (χ1v) is 6.46. The Kier molecular flexibility index (Phi) is 4.66. The van der Waals surface area contributed by atoms with Gasteiger partial charge in [-0.2, -0.15) is 0 Å². The lowest BCUT2D eigenvalue weighted by molar-refractivity contribution is -0.119. The Labute approximate surface area is 121 Å². The Morgan fingerprint density at radius 3 is 2.24 bits per heavy atom. The first kappa shape index (κ1) is 14.7. The van der Waals surface area contributed by atoms with E-state index in [0.29, 0.717) is 11.1 Å². The molecule has 0 bridgehead atoms. The maximum Gasteiger partial charge on any atom is 0.251 e. The van der Waals surface area contributed by atoms with Gasteiger partial charge in [0.05, 0.1) is 0 Å². The first-order chi connectivity index (χ1) is 10.1. The van der Waals surface area contributed by atoms with Gasteiger partial charge in [-0.15, -0.1) is 0 Å². The van der Waals surface area contributed by atoms with Gasteiger partial charge >= 0.3 is 0 Å². The molecule has 5 heteroatoms. The van der Waals surface area contributed by atoms with Gasteiger partial charge in [0.25, 0.3) is 5.91 Å². The molecule has 2 amide bonds. The fourth-order valence-corrected chi connectivity index (χ4v) is 1.91. The van der Waals surface area contributed by atoms with Crippen molar-refractivity contribution >= 4 is 11.8 Å². The van der Waals surface area contributed by atoms with Crippen molar-refractivity contribution in [3.05, 3.63) is 71.5 Å². The number of carbonyl (C=O) groups excluding carboxylic acids is 2. The zero-order valence-electron chi connectivity index (χ0n) is 11.3. The van der Waals surface area contributed by atoms with Crippen LogP contribution in [0.2, 0.25) is 0 Å². The van der Waals surface area contributed by atoms with E-state index in [2.05, 4.69) is 5.32 Å². The molecule has 108 valence electrons. The summed E-state index contributed by atoms with van der Waals surface area (Å²) in [6, 6.07) is 13.4. The lowest BCUT2D eigenvalue weighted by Crippen LogP contribution is -2.45. The molecular weight excluding hydrogens is 271 g/mol. The van der Waals surface area contributed by atoms with Gasteiger partial charge in [0.1, 0.15) is 11.9 Å². The first-order valence-electron chi connectivity index (χ1n) is 6.46. The van der Waals surface area contributed by atoms with Crippen molar-refractivity contribution in [3.8, 4) is 0 Å². The summed E-state index contributed by atoms with van der Waals surface area (Å²) in [7, 11) is 0. The van der Waals surface area contributed by atoms with Crippen LogP contribution in [0.4, 0.5) is 4.39 Å². The van der Waals surface area contributed by atoms with E-state index in [1.807, 2.05) is 0 Å². The third-order valence-corrected chi connectivity index (χ3v) is 3.04. The summed E-state index contributed by atoms with van der Waals surface area (Å²) < 4.78 is 12.9. The SMILES string of the molecule is NC(=O)[C@@H](Cc1ccc(F)cc1)NC(=O)c1ccccc1. The average molecular weight is 286 g/mol. The van der Waals surface area contributed by atoms with E-state index < -0.39 is 11.9 Å². The van der Waals surface area contributed by atoms with Crippen LogP contribution in [0.5, 0.6) is 0 Å². The lowest BCUT2D eigenvalue weighted by atomic mass is 10.0. The molecule has 0 aliphatic carbocycles. The quantitative estimate of drug-likeness (QED) is 0.877. The lowest BCUT2D eigenvalue weighted by Gasteiger charge is -2.15. The van der Waals surface area contributed by atoms with Gasteiger partial charge in [-0.3, -0.25) is 9.59 Å². The van der Waals surface area contributed by atoms with Gasteiger partial charge in [-0.1, -0.05) is 30.3 Å². The number of primary amides is 1. The molecule has 4 nitrogen and oxygen atoms in total. The summed E-state index contributed by atoms with van der Waals surface area (Å²) in [6.45, 7) is 0. The predicted molar refractivity (Wildman–Crippen MR) is 77.0 cm³/mol. The van der Waals surface area contributed by atoms with E-state index >= 15 is 0 Å². The van der Waals surface area contributed by atoms with E-state index in [1.54, 1.807) is 42.5 Å². The largest absolute Gasteiger partial charge is 0.368 e. The topological polar surface area (TPSA) is 72.2 Å². The molecule has 2 aromatic rings. The summed E-state index contributed by atoms with van der Waals surface area (Å²) in [5, 5.41) is 2.59.